The number of esters is 1. The largest absolute Gasteiger partial charge is 0.466 e. The zero-order chi connectivity index (χ0) is 20.9. The second-order valence-electron chi connectivity index (χ2n) is 9.29. The van der Waals surface area contributed by atoms with Crippen LogP contribution in [0, 0.1) is 0 Å². The van der Waals surface area contributed by atoms with Gasteiger partial charge in [0.25, 0.3) is 0 Å². The van der Waals surface area contributed by atoms with E-state index in [1.54, 1.807) is 0 Å². The number of aryl methyl sites for hydroxylation is 1. The summed E-state index contributed by atoms with van der Waals surface area (Å²) in [5, 5.41) is 0.298. The predicted octanol–water partition coefficient (Wildman–Crippen LogP) is 6.91. The molecule has 0 heterocycles. The van der Waals surface area contributed by atoms with Crippen LogP contribution in [0.15, 0.2) is 30.3 Å². The van der Waals surface area contributed by atoms with Crippen molar-refractivity contribution in [2.24, 2.45) is 0 Å². The van der Waals surface area contributed by atoms with E-state index in [1.165, 1.54) is 24.8 Å². The van der Waals surface area contributed by atoms with E-state index in [-0.39, 0.29) is 5.97 Å². The zero-order valence-electron chi connectivity index (χ0n) is 18.9. The van der Waals surface area contributed by atoms with Crippen molar-refractivity contribution in [3.63, 3.8) is 0 Å². The van der Waals surface area contributed by atoms with Crippen molar-refractivity contribution in [3.05, 3.63) is 35.9 Å². The van der Waals surface area contributed by atoms with Gasteiger partial charge in [0.15, 0.2) is 8.32 Å². The van der Waals surface area contributed by atoms with Crippen molar-refractivity contribution in [1.82, 2.24) is 0 Å². The third-order valence-corrected chi connectivity index (χ3v) is 10.3. The van der Waals surface area contributed by atoms with E-state index in [1.807, 2.05) is 18.2 Å². The lowest BCUT2D eigenvalue weighted by atomic mass is 10.1. The summed E-state index contributed by atoms with van der Waals surface area (Å²) in [5.41, 5.74) is 1.28. The standard InChI is InChI=1S/C24H42O3Si/c1-24(2,3)28(4,5)27-21-14-9-7-6-8-13-20-26-23(25)19-15-18-22-16-11-10-12-17-22/h10-12,16-17H,6-9,13-15,18-21H2,1-5H3. The summed E-state index contributed by atoms with van der Waals surface area (Å²) in [6, 6.07) is 10.3. The van der Waals surface area contributed by atoms with Crippen LogP contribution in [0.5, 0.6) is 0 Å². The molecular weight excluding hydrogens is 364 g/mol. The molecule has 0 aliphatic carbocycles. The van der Waals surface area contributed by atoms with Crippen LogP contribution < -0.4 is 0 Å². The molecule has 0 saturated heterocycles. The Morgan fingerprint density at radius 2 is 1.43 bits per heavy atom. The Kier molecular flexibility index (Phi) is 11.7. The molecule has 0 aliphatic rings. The molecule has 0 atom stereocenters. The summed E-state index contributed by atoms with van der Waals surface area (Å²) >= 11 is 0. The van der Waals surface area contributed by atoms with Gasteiger partial charge in [0.1, 0.15) is 0 Å². The van der Waals surface area contributed by atoms with Crippen LogP contribution in [0.1, 0.15) is 77.7 Å². The van der Waals surface area contributed by atoms with Gasteiger partial charge in [-0.2, -0.15) is 0 Å². The van der Waals surface area contributed by atoms with Crippen molar-refractivity contribution < 1.29 is 14.0 Å². The van der Waals surface area contributed by atoms with E-state index >= 15 is 0 Å². The molecule has 0 aromatic heterocycles. The van der Waals surface area contributed by atoms with Gasteiger partial charge in [-0.05, 0) is 49.4 Å². The highest BCUT2D eigenvalue weighted by Gasteiger charge is 2.36. The van der Waals surface area contributed by atoms with Gasteiger partial charge < -0.3 is 9.16 Å². The highest BCUT2D eigenvalue weighted by molar-refractivity contribution is 6.74. The number of carbonyl (C=O) groups excluding carboxylic acids is 1. The molecule has 0 amide bonds. The summed E-state index contributed by atoms with van der Waals surface area (Å²) in [6.07, 6.45) is 9.28. The number of benzene rings is 1. The molecule has 3 nitrogen and oxygen atoms in total. The lowest BCUT2D eigenvalue weighted by molar-refractivity contribution is -0.143. The molecule has 28 heavy (non-hydrogen) atoms. The number of ether oxygens (including phenoxy) is 1. The Balaban J connectivity index is 1.90. The Labute approximate surface area is 174 Å². The van der Waals surface area contributed by atoms with Crippen LogP contribution in [0.4, 0.5) is 0 Å². The summed E-state index contributed by atoms with van der Waals surface area (Å²) < 4.78 is 11.5. The summed E-state index contributed by atoms with van der Waals surface area (Å²) in [6.45, 7) is 13.0. The third-order valence-electron chi connectivity index (χ3n) is 5.76. The second-order valence-corrected chi connectivity index (χ2v) is 14.1. The molecule has 0 radical (unpaired) electrons. The normalized spacial score (nSPS) is 12.2. The number of carbonyl (C=O) groups is 1. The minimum absolute atomic E-state index is 0.0568. The van der Waals surface area contributed by atoms with Crippen LogP contribution >= 0.6 is 0 Å². The molecule has 1 aromatic rings. The van der Waals surface area contributed by atoms with Gasteiger partial charge in [0.2, 0.25) is 0 Å². The van der Waals surface area contributed by atoms with Crippen molar-refractivity contribution in [3.8, 4) is 0 Å². The molecular formula is C24H42O3Si. The molecule has 0 unspecified atom stereocenters. The maximum Gasteiger partial charge on any atom is 0.305 e. The van der Waals surface area contributed by atoms with Gasteiger partial charge >= 0.3 is 5.97 Å². The quantitative estimate of drug-likeness (QED) is 0.191. The van der Waals surface area contributed by atoms with E-state index in [2.05, 4.69) is 46.0 Å². The van der Waals surface area contributed by atoms with Crippen LogP contribution in [0.2, 0.25) is 18.1 Å². The highest BCUT2D eigenvalue weighted by Crippen LogP contribution is 2.36. The van der Waals surface area contributed by atoms with Gasteiger partial charge in [-0.3, -0.25) is 4.79 Å². The Bertz CT molecular complexity index is 535. The number of hydrogen-bond acceptors (Lipinski definition) is 3. The first kappa shape index (κ1) is 24.9. The maximum absolute atomic E-state index is 11.8. The number of rotatable bonds is 14. The predicted molar refractivity (Wildman–Crippen MR) is 121 cm³/mol. The Hall–Kier alpha value is -1.13. The van der Waals surface area contributed by atoms with Crippen molar-refractivity contribution in [2.45, 2.75) is 96.7 Å². The molecule has 0 fully saturated rings. The van der Waals surface area contributed by atoms with E-state index in [9.17, 15) is 4.79 Å². The van der Waals surface area contributed by atoms with Crippen molar-refractivity contribution in [1.29, 1.82) is 0 Å². The lowest BCUT2D eigenvalue weighted by Crippen LogP contribution is -2.40. The molecule has 0 aliphatic heterocycles. The maximum atomic E-state index is 11.8. The fourth-order valence-electron chi connectivity index (χ4n) is 2.79. The van der Waals surface area contributed by atoms with Gasteiger partial charge in [0, 0.05) is 13.0 Å². The minimum Gasteiger partial charge on any atom is -0.466 e. The second kappa shape index (κ2) is 13.2. The van der Waals surface area contributed by atoms with Gasteiger partial charge in [-0.25, -0.2) is 0 Å². The zero-order valence-corrected chi connectivity index (χ0v) is 19.9. The summed E-state index contributed by atoms with van der Waals surface area (Å²) in [7, 11) is -1.58. The van der Waals surface area contributed by atoms with E-state index in [4.69, 9.17) is 9.16 Å². The smallest absolute Gasteiger partial charge is 0.305 e. The molecule has 0 spiro atoms. The van der Waals surface area contributed by atoms with Crippen LogP contribution in [-0.2, 0) is 20.4 Å². The van der Waals surface area contributed by atoms with Gasteiger partial charge in [-0.1, -0.05) is 76.8 Å². The first-order valence-corrected chi connectivity index (χ1v) is 14.0. The molecule has 0 N–H and O–H groups in total. The first-order valence-electron chi connectivity index (χ1n) is 11.1. The van der Waals surface area contributed by atoms with E-state index < -0.39 is 8.32 Å². The Morgan fingerprint density at radius 3 is 2.04 bits per heavy atom. The SMILES string of the molecule is CC(C)(C)[Si](C)(C)OCCCCCCCCOC(=O)CCCc1ccccc1. The lowest BCUT2D eigenvalue weighted by Gasteiger charge is -2.36. The van der Waals surface area contributed by atoms with E-state index in [0.717, 1.165) is 38.7 Å². The van der Waals surface area contributed by atoms with Gasteiger partial charge in [0.05, 0.1) is 6.61 Å². The van der Waals surface area contributed by atoms with Gasteiger partial charge in [-0.15, -0.1) is 0 Å². The first-order chi connectivity index (χ1) is 13.2. The molecule has 1 aromatic carbocycles. The van der Waals surface area contributed by atoms with Crippen molar-refractivity contribution >= 4 is 14.3 Å². The summed E-state index contributed by atoms with van der Waals surface area (Å²) in [4.78, 5) is 11.8. The third kappa shape index (κ3) is 11.0. The fourth-order valence-corrected chi connectivity index (χ4v) is 3.88. The van der Waals surface area contributed by atoms with Crippen molar-refractivity contribution in [2.75, 3.05) is 13.2 Å². The molecule has 0 saturated carbocycles. The minimum atomic E-state index is -1.58. The molecule has 4 heteroatoms. The van der Waals surface area contributed by atoms with Crippen LogP contribution in [0.3, 0.4) is 0 Å². The monoisotopic (exact) mass is 406 g/mol. The molecule has 1 rings (SSSR count). The number of unbranched alkanes of at least 4 members (excludes halogenated alkanes) is 5. The van der Waals surface area contributed by atoms with Crippen LogP contribution in [0.25, 0.3) is 0 Å². The highest BCUT2D eigenvalue weighted by atomic mass is 28.4. The topological polar surface area (TPSA) is 35.5 Å². The average Bonchev–Trinajstić information content (AvgIpc) is 2.63. The van der Waals surface area contributed by atoms with E-state index in [0.29, 0.717) is 18.1 Å². The molecule has 0 bridgehead atoms. The fraction of sp³-hybridized carbons (Fsp3) is 0.708. The summed E-state index contributed by atoms with van der Waals surface area (Å²) in [5.74, 6) is -0.0568. The number of hydrogen-bond donors (Lipinski definition) is 0. The Morgan fingerprint density at radius 1 is 0.857 bits per heavy atom. The van der Waals surface area contributed by atoms with Crippen LogP contribution in [-0.4, -0.2) is 27.5 Å². The average molecular weight is 407 g/mol. The molecule has 160 valence electrons.